The monoisotopic (exact) mass is 336 g/mol. The van der Waals surface area contributed by atoms with Crippen molar-refractivity contribution in [2.75, 3.05) is 27.2 Å². The lowest BCUT2D eigenvalue weighted by Gasteiger charge is -2.16. The highest BCUT2D eigenvalue weighted by molar-refractivity contribution is 6.32. The second kappa shape index (κ2) is 11.9. The van der Waals surface area contributed by atoms with Crippen molar-refractivity contribution in [3.05, 3.63) is 53.1 Å². The molecule has 0 fully saturated rings. The summed E-state index contributed by atoms with van der Waals surface area (Å²) in [6, 6.07) is 5.53. The number of rotatable bonds is 2. The highest BCUT2D eigenvalue weighted by atomic mass is 35.5. The number of carbonyl (C=O) groups excluding carboxylic acids is 1. The van der Waals surface area contributed by atoms with Gasteiger partial charge in [-0.25, -0.2) is 0 Å². The van der Waals surface area contributed by atoms with E-state index >= 15 is 0 Å². The van der Waals surface area contributed by atoms with E-state index in [1.54, 1.807) is 31.1 Å². The van der Waals surface area contributed by atoms with Crippen molar-refractivity contribution in [3.8, 4) is 0 Å². The second-order valence-corrected chi connectivity index (χ2v) is 5.39. The van der Waals surface area contributed by atoms with E-state index in [2.05, 4.69) is 18.0 Å². The van der Waals surface area contributed by atoms with Crippen LogP contribution in [0.1, 0.15) is 43.1 Å². The molecule has 0 atom stereocenters. The zero-order valence-electron chi connectivity index (χ0n) is 14.9. The fraction of sp³-hybridized carbons (Fsp3) is 0.421. The maximum Gasteiger partial charge on any atom is 0.253 e. The summed E-state index contributed by atoms with van der Waals surface area (Å²) in [4.78, 5) is 13.4. The van der Waals surface area contributed by atoms with Crippen molar-refractivity contribution in [1.29, 1.82) is 0 Å². The fourth-order valence-corrected chi connectivity index (χ4v) is 2.34. The number of allylic oxidation sites excluding steroid dienone is 1. The van der Waals surface area contributed by atoms with Crippen LogP contribution < -0.4 is 5.32 Å². The Hall–Kier alpha value is -1.58. The lowest BCUT2D eigenvalue weighted by Crippen LogP contribution is -2.22. The molecule has 0 saturated heterocycles. The van der Waals surface area contributed by atoms with Gasteiger partial charge in [0.05, 0.1) is 0 Å². The third kappa shape index (κ3) is 7.02. The molecule has 2 rings (SSSR count). The zero-order chi connectivity index (χ0) is 17.8. The Kier molecular flexibility index (Phi) is 11.1. The van der Waals surface area contributed by atoms with E-state index in [0.717, 1.165) is 25.1 Å². The van der Waals surface area contributed by atoms with E-state index in [9.17, 15) is 4.79 Å². The van der Waals surface area contributed by atoms with Gasteiger partial charge in [-0.3, -0.25) is 4.79 Å². The maximum absolute atomic E-state index is 11.8. The maximum atomic E-state index is 11.8. The highest BCUT2D eigenvalue weighted by Gasteiger charge is 2.13. The van der Waals surface area contributed by atoms with Crippen LogP contribution in [0.5, 0.6) is 0 Å². The van der Waals surface area contributed by atoms with E-state index in [4.69, 9.17) is 11.6 Å². The first-order chi connectivity index (χ1) is 11.0. The van der Waals surface area contributed by atoms with Crippen molar-refractivity contribution in [1.82, 2.24) is 10.2 Å². The third-order valence-electron chi connectivity index (χ3n) is 3.03. The van der Waals surface area contributed by atoms with Gasteiger partial charge in [-0.2, -0.15) is 0 Å². The number of hydrogen-bond acceptors (Lipinski definition) is 2. The first kappa shape index (κ1) is 21.4. The average molecular weight is 337 g/mol. The molecule has 0 spiro atoms. The van der Waals surface area contributed by atoms with Gasteiger partial charge >= 0.3 is 0 Å². The van der Waals surface area contributed by atoms with E-state index in [1.165, 1.54) is 5.57 Å². The van der Waals surface area contributed by atoms with Gasteiger partial charge < -0.3 is 10.2 Å². The molecule has 1 aromatic carbocycles. The number of halogens is 1. The highest BCUT2D eigenvalue weighted by Crippen LogP contribution is 2.28. The zero-order valence-corrected chi connectivity index (χ0v) is 15.7. The number of nitrogens with zero attached hydrogens (tertiary/aromatic N) is 1. The first-order valence-corrected chi connectivity index (χ1v) is 8.37. The predicted octanol–water partition coefficient (Wildman–Crippen LogP) is 4.64. The van der Waals surface area contributed by atoms with Gasteiger partial charge in [-0.05, 0) is 43.2 Å². The minimum Gasteiger partial charge on any atom is -0.345 e. The summed E-state index contributed by atoms with van der Waals surface area (Å²) >= 11 is 6.28. The van der Waals surface area contributed by atoms with Crippen LogP contribution in [0.15, 0.2) is 36.9 Å². The van der Waals surface area contributed by atoms with Gasteiger partial charge in [-0.1, -0.05) is 43.7 Å². The van der Waals surface area contributed by atoms with E-state index in [1.807, 2.05) is 32.9 Å². The molecule has 0 aliphatic carbocycles. The fourth-order valence-electron chi connectivity index (χ4n) is 2.03. The van der Waals surface area contributed by atoms with Gasteiger partial charge in [0.25, 0.3) is 5.91 Å². The Morgan fingerprint density at radius 2 is 1.96 bits per heavy atom. The Balaban J connectivity index is 0.000000868. The van der Waals surface area contributed by atoms with E-state index < -0.39 is 0 Å². The molecule has 1 heterocycles. The molecule has 0 saturated carbocycles. The lowest BCUT2D eigenvalue weighted by molar-refractivity contribution is 0.0827. The topological polar surface area (TPSA) is 32.3 Å². The Bertz CT molecular complexity index is 536. The molecule has 1 N–H and O–H groups in total. The van der Waals surface area contributed by atoms with Gasteiger partial charge in [0.2, 0.25) is 0 Å². The predicted molar refractivity (Wildman–Crippen MR) is 102 cm³/mol. The average Bonchev–Trinajstić information content (AvgIpc) is 2.57. The van der Waals surface area contributed by atoms with Crippen LogP contribution in [0.4, 0.5) is 0 Å². The molecule has 4 heteroatoms. The summed E-state index contributed by atoms with van der Waals surface area (Å²) in [5.41, 5.74) is 2.92. The summed E-state index contributed by atoms with van der Waals surface area (Å²) in [6.45, 7) is 11.1. The molecule has 128 valence electrons. The van der Waals surface area contributed by atoms with Crippen molar-refractivity contribution in [3.63, 3.8) is 0 Å². The Morgan fingerprint density at radius 1 is 1.35 bits per heavy atom. The van der Waals surface area contributed by atoms with Crippen LogP contribution in [-0.2, 0) is 0 Å². The molecular formula is C19H29ClN2O. The Morgan fingerprint density at radius 3 is 2.39 bits per heavy atom. The van der Waals surface area contributed by atoms with Crippen LogP contribution in [0.2, 0.25) is 5.02 Å². The molecule has 0 bridgehead atoms. The van der Waals surface area contributed by atoms with Gasteiger partial charge in [-0.15, -0.1) is 6.58 Å². The molecule has 1 amide bonds. The summed E-state index contributed by atoms with van der Waals surface area (Å²) in [7, 11) is 3.47. The molecule has 0 aromatic heterocycles. The summed E-state index contributed by atoms with van der Waals surface area (Å²) in [5.74, 6) is -0.0252. The van der Waals surface area contributed by atoms with Crippen molar-refractivity contribution >= 4 is 23.1 Å². The molecule has 0 unspecified atom stereocenters. The summed E-state index contributed by atoms with van der Waals surface area (Å²) in [6.07, 6.45) is 4.87. The second-order valence-electron chi connectivity index (χ2n) is 4.99. The van der Waals surface area contributed by atoms with E-state index in [-0.39, 0.29) is 5.91 Å². The summed E-state index contributed by atoms with van der Waals surface area (Å²) < 4.78 is 0. The minimum absolute atomic E-state index is 0.0252. The number of carbonyl (C=O) groups is 1. The smallest absolute Gasteiger partial charge is 0.253 e. The van der Waals surface area contributed by atoms with Crippen molar-refractivity contribution < 1.29 is 4.79 Å². The number of hydrogen-bond donors (Lipinski definition) is 1. The number of amides is 1. The standard InChI is InChI=1S/C14H17ClN2O.C3H6.C2H6/c1-17(2)14(18)11-3-4-12(13(15)9-11)10-5-7-16-8-6-10;1-3-2;1-2/h3-5,9,16H,6-8H2,1-2H3;3H,1H2,2H3;1-2H3. The Labute approximate surface area is 146 Å². The van der Waals surface area contributed by atoms with Gasteiger partial charge in [0, 0.05) is 31.2 Å². The van der Waals surface area contributed by atoms with Crippen LogP contribution in [-0.4, -0.2) is 38.0 Å². The van der Waals surface area contributed by atoms with Crippen LogP contribution in [0.25, 0.3) is 5.57 Å². The molecule has 23 heavy (non-hydrogen) atoms. The van der Waals surface area contributed by atoms with E-state index in [0.29, 0.717) is 10.6 Å². The normalized spacial score (nSPS) is 12.7. The number of benzene rings is 1. The lowest BCUT2D eigenvalue weighted by atomic mass is 9.99. The number of nitrogens with one attached hydrogen (secondary N) is 1. The SMILES string of the molecule is C=CC.CC.CN(C)C(=O)c1ccc(C2=CCNCC2)c(Cl)c1. The molecule has 1 aromatic rings. The van der Waals surface area contributed by atoms with Gasteiger partial charge in [0.1, 0.15) is 0 Å². The molecule has 1 aliphatic heterocycles. The molecule has 3 nitrogen and oxygen atoms in total. The van der Waals surface area contributed by atoms with Gasteiger partial charge in [0.15, 0.2) is 0 Å². The molecule has 0 radical (unpaired) electrons. The third-order valence-corrected chi connectivity index (χ3v) is 3.34. The molecular weight excluding hydrogens is 308 g/mol. The van der Waals surface area contributed by atoms with Crippen molar-refractivity contribution in [2.24, 2.45) is 0 Å². The van der Waals surface area contributed by atoms with Crippen LogP contribution in [0, 0.1) is 0 Å². The van der Waals surface area contributed by atoms with Crippen molar-refractivity contribution in [2.45, 2.75) is 27.2 Å². The summed E-state index contributed by atoms with van der Waals surface area (Å²) in [5, 5.41) is 3.92. The minimum atomic E-state index is -0.0252. The molecule has 1 aliphatic rings. The van der Waals surface area contributed by atoms with Crippen LogP contribution >= 0.6 is 11.6 Å². The first-order valence-electron chi connectivity index (χ1n) is 7.99. The van der Waals surface area contributed by atoms with Crippen LogP contribution in [0.3, 0.4) is 0 Å². The largest absolute Gasteiger partial charge is 0.345 e. The quantitative estimate of drug-likeness (QED) is 0.798.